The molecule has 0 aromatic heterocycles. The number of amides is 1. The van der Waals surface area contributed by atoms with Gasteiger partial charge in [-0.2, -0.15) is 0 Å². The lowest BCUT2D eigenvalue weighted by atomic mass is 9.71. The van der Waals surface area contributed by atoms with Gasteiger partial charge in [0.25, 0.3) is 0 Å². The lowest BCUT2D eigenvalue weighted by molar-refractivity contribution is -0.538. The van der Waals surface area contributed by atoms with E-state index in [1.54, 1.807) is 30.3 Å². The van der Waals surface area contributed by atoms with Crippen LogP contribution in [0.15, 0.2) is 30.3 Å². The van der Waals surface area contributed by atoms with E-state index >= 15 is 0 Å². The molecule has 2 aliphatic rings. The molecule has 0 spiro atoms. The Labute approximate surface area is 139 Å². The second-order valence-electron chi connectivity index (χ2n) is 6.31. The number of methoxy groups -OCH3 is 1. The largest absolute Gasteiger partial charge is 0.468 e. The van der Waals surface area contributed by atoms with Crippen molar-refractivity contribution in [3.63, 3.8) is 0 Å². The van der Waals surface area contributed by atoms with Gasteiger partial charge in [0.1, 0.15) is 5.92 Å². The maximum atomic E-state index is 12.9. The maximum Gasteiger partial charge on any atom is 0.319 e. The average Bonchev–Trinajstić information content (AvgIpc) is 2.61. The summed E-state index contributed by atoms with van der Waals surface area (Å²) in [6, 6.07) is 7.33. The molecule has 0 saturated carbocycles. The summed E-state index contributed by atoms with van der Waals surface area (Å²) >= 11 is 0. The van der Waals surface area contributed by atoms with Crippen molar-refractivity contribution in [1.82, 2.24) is 4.90 Å². The fourth-order valence-electron chi connectivity index (χ4n) is 4.07. The molecule has 128 valence electrons. The Hall–Kier alpha value is -2.44. The third-order valence-corrected chi connectivity index (χ3v) is 5.10. The van der Waals surface area contributed by atoms with Crippen LogP contribution in [0.2, 0.25) is 0 Å². The standard InChI is InChI=1S/C17H20N2O5/c1-24-17(21)14-13(11-7-3-2-4-8-11)15(19(22)23)12-9-5-6-10-18(12)16(14)20/h2-4,7-8,12-15H,5-6,9-10H2,1H3/t12-,13-,14-,15-/m0/s1. The fourth-order valence-corrected chi connectivity index (χ4v) is 4.07. The van der Waals surface area contributed by atoms with E-state index in [0.29, 0.717) is 18.5 Å². The van der Waals surface area contributed by atoms with Crippen molar-refractivity contribution in [2.24, 2.45) is 5.92 Å². The van der Waals surface area contributed by atoms with E-state index in [-0.39, 0.29) is 10.8 Å². The van der Waals surface area contributed by atoms with E-state index in [4.69, 9.17) is 4.74 Å². The second kappa shape index (κ2) is 6.59. The highest BCUT2D eigenvalue weighted by molar-refractivity contribution is 6.00. The number of rotatable bonds is 3. The number of hydrogen-bond acceptors (Lipinski definition) is 5. The molecule has 2 fully saturated rings. The van der Waals surface area contributed by atoms with Crippen LogP contribution in [-0.4, -0.2) is 47.4 Å². The van der Waals surface area contributed by atoms with E-state index in [2.05, 4.69) is 0 Å². The number of ether oxygens (including phenoxy) is 1. The van der Waals surface area contributed by atoms with Crippen LogP contribution >= 0.6 is 0 Å². The highest BCUT2D eigenvalue weighted by Crippen LogP contribution is 2.42. The summed E-state index contributed by atoms with van der Waals surface area (Å²) in [4.78, 5) is 38.3. The zero-order valence-electron chi connectivity index (χ0n) is 13.5. The summed E-state index contributed by atoms with van der Waals surface area (Å²) in [5, 5.41) is 11.9. The number of hydrogen-bond donors (Lipinski definition) is 0. The van der Waals surface area contributed by atoms with Crippen LogP contribution in [0.25, 0.3) is 0 Å². The number of benzene rings is 1. The van der Waals surface area contributed by atoms with Gasteiger partial charge < -0.3 is 9.64 Å². The molecule has 0 aliphatic carbocycles. The molecular formula is C17H20N2O5. The first-order valence-electron chi connectivity index (χ1n) is 8.13. The molecule has 2 heterocycles. The summed E-state index contributed by atoms with van der Waals surface area (Å²) < 4.78 is 4.81. The number of carbonyl (C=O) groups excluding carboxylic acids is 2. The SMILES string of the molecule is COC(=O)[C@@H]1C(=O)N2CCCC[C@H]2[C@H]([N+](=O)[O-])[C@H]1c1ccccc1. The minimum Gasteiger partial charge on any atom is -0.468 e. The van der Waals surface area contributed by atoms with Crippen LogP contribution in [0, 0.1) is 16.0 Å². The van der Waals surface area contributed by atoms with Crippen molar-refractivity contribution >= 4 is 11.9 Å². The van der Waals surface area contributed by atoms with Gasteiger partial charge in [-0.25, -0.2) is 0 Å². The number of nitrogens with zero attached hydrogens (tertiary/aromatic N) is 2. The van der Waals surface area contributed by atoms with Crippen molar-refractivity contribution in [3.8, 4) is 0 Å². The van der Waals surface area contributed by atoms with Gasteiger partial charge in [0.05, 0.1) is 19.1 Å². The molecule has 0 bridgehead atoms. The highest BCUT2D eigenvalue weighted by atomic mass is 16.6. The predicted molar refractivity (Wildman–Crippen MR) is 84.8 cm³/mol. The first kappa shape index (κ1) is 16.4. The molecule has 1 amide bonds. The summed E-state index contributed by atoms with van der Waals surface area (Å²) in [5.74, 6) is -3.02. The molecule has 2 saturated heterocycles. The summed E-state index contributed by atoms with van der Waals surface area (Å²) in [6.07, 6.45) is 2.24. The van der Waals surface area contributed by atoms with Crippen LogP contribution in [0.4, 0.5) is 0 Å². The fraction of sp³-hybridized carbons (Fsp3) is 0.529. The Morgan fingerprint density at radius 1 is 1.29 bits per heavy atom. The van der Waals surface area contributed by atoms with E-state index < -0.39 is 29.9 Å². The quantitative estimate of drug-likeness (QED) is 0.363. The molecule has 1 aromatic rings. The van der Waals surface area contributed by atoms with Crippen molar-refractivity contribution in [2.75, 3.05) is 13.7 Å². The molecule has 0 N–H and O–H groups in total. The minimum absolute atomic E-state index is 0.330. The van der Waals surface area contributed by atoms with Crippen LogP contribution in [0.3, 0.4) is 0 Å². The van der Waals surface area contributed by atoms with Gasteiger partial charge in [0.15, 0.2) is 0 Å². The molecule has 3 rings (SSSR count). The van der Waals surface area contributed by atoms with Crippen LogP contribution in [0.1, 0.15) is 30.7 Å². The van der Waals surface area contributed by atoms with E-state index in [1.165, 1.54) is 12.0 Å². The number of esters is 1. The van der Waals surface area contributed by atoms with Gasteiger partial charge in [0, 0.05) is 11.5 Å². The summed E-state index contributed by atoms with van der Waals surface area (Å²) in [6.45, 7) is 0.461. The van der Waals surface area contributed by atoms with Crippen molar-refractivity contribution in [1.29, 1.82) is 0 Å². The number of fused-ring (bicyclic) bond motifs is 1. The third-order valence-electron chi connectivity index (χ3n) is 5.10. The third kappa shape index (κ3) is 2.64. The normalized spacial score (nSPS) is 29.7. The molecule has 0 radical (unpaired) electrons. The van der Waals surface area contributed by atoms with Gasteiger partial charge in [-0.1, -0.05) is 30.3 Å². The molecule has 1 aromatic carbocycles. The second-order valence-corrected chi connectivity index (χ2v) is 6.31. The molecule has 0 unspecified atom stereocenters. The van der Waals surface area contributed by atoms with Gasteiger partial charge in [-0.15, -0.1) is 0 Å². The first-order chi connectivity index (χ1) is 11.6. The van der Waals surface area contributed by atoms with Gasteiger partial charge in [0.2, 0.25) is 11.9 Å². The number of piperidine rings is 2. The lowest BCUT2D eigenvalue weighted by Crippen LogP contribution is -2.63. The molecular weight excluding hydrogens is 312 g/mol. The summed E-state index contributed by atoms with van der Waals surface area (Å²) in [5.41, 5.74) is 0.633. The highest BCUT2D eigenvalue weighted by Gasteiger charge is 2.58. The topological polar surface area (TPSA) is 89.8 Å². The van der Waals surface area contributed by atoms with Gasteiger partial charge in [-0.3, -0.25) is 19.7 Å². The van der Waals surface area contributed by atoms with Crippen LogP contribution in [0.5, 0.6) is 0 Å². The molecule has 7 heteroatoms. The van der Waals surface area contributed by atoms with Gasteiger partial charge in [-0.05, 0) is 24.8 Å². The zero-order chi connectivity index (χ0) is 17.3. The Bertz CT molecular complexity index is 648. The Balaban J connectivity index is 2.12. The number of carbonyl (C=O) groups is 2. The molecule has 4 atom stereocenters. The van der Waals surface area contributed by atoms with Gasteiger partial charge >= 0.3 is 5.97 Å². The van der Waals surface area contributed by atoms with Crippen LogP contribution in [-0.2, 0) is 14.3 Å². The first-order valence-corrected chi connectivity index (χ1v) is 8.13. The zero-order valence-corrected chi connectivity index (χ0v) is 13.5. The Morgan fingerprint density at radius 2 is 2.00 bits per heavy atom. The predicted octanol–water partition coefficient (Wildman–Crippen LogP) is 1.60. The van der Waals surface area contributed by atoms with Crippen molar-refractivity contribution < 1.29 is 19.2 Å². The average molecular weight is 332 g/mol. The summed E-state index contributed by atoms with van der Waals surface area (Å²) in [7, 11) is 1.21. The Morgan fingerprint density at radius 3 is 2.62 bits per heavy atom. The van der Waals surface area contributed by atoms with E-state index in [0.717, 1.165) is 12.8 Å². The monoisotopic (exact) mass is 332 g/mol. The number of nitro groups is 1. The molecule has 2 aliphatic heterocycles. The van der Waals surface area contributed by atoms with Crippen molar-refractivity contribution in [3.05, 3.63) is 46.0 Å². The molecule has 7 nitrogen and oxygen atoms in total. The smallest absolute Gasteiger partial charge is 0.319 e. The van der Waals surface area contributed by atoms with Crippen LogP contribution < -0.4 is 0 Å². The minimum atomic E-state index is -1.16. The Kier molecular flexibility index (Phi) is 4.51. The van der Waals surface area contributed by atoms with E-state index in [9.17, 15) is 19.7 Å². The van der Waals surface area contributed by atoms with E-state index in [1.807, 2.05) is 0 Å². The molecule has 24 heavy (non-hydrogen) atoms. The lowest BCUT2D eigenvalue weighted by Gasteiger charge is -2.46. The maximum absolute atomic E-state index is 12.9. The van der Waals surface area contributed by atoms with Crippen molar-refractivity contribution in [2.45, 2.75) is 37.3 Å².